The molecule has 0 radical (unpaired) electrons. The van der Waals surface area contributed by atoms with Gasteiger partial charge in [-0.25, -0.2) is 0 Å². The van der Waals surface area contributed by atoms with Crippen molar-refractivity contribution in [2.45, 2.75) is 38.4 Å². The van der Waals surface area contributed by atoms with Crippen LogP contribution in [0.4, 0.5) is 0 Å². The molecule has 10 N–H and O–H groups in total. The number of carbonyl (C=O) groups is 1. The van der Waals surface area contributed by atoms with Crippen molar-refractivity contribution < 1.29 is 27.4 Å². The molecule has 0 amide bonds. The molecule has 13 heteroatoms. The Labute approximate surface area is 166 Å². The van der Waals surface area contributed by atoms with Gasteiger partial charge in [0.05, 0.1) is 30.8 Å². The molecule has 0 aliphatic rings. The maximum atomic E-state index is 11.1. The Bertz CT molecular complexity index is 559. The Balaban J connectivity index is 4.41. The maximum absolute atomic E-state index is 11.1. The molecule has 166 valence electrons. The Kier molecular flexibility index (Phi) is 14.0. The number of hydrogen-bond donors (Lipinski definition) is 7. The van der Waals surface area contributed by atoms with E-state index >= 15 is 0 Å². The van der Waals surface area contributed by atoms with Gasteiger partial charge in [0.15, 0.2) is 0 Å². The fourth-order valence-electron chi connectivity index (χ4n) is 2.13. The molecular weight excluding hydrogens is 392 g/mol. The second-order valence-corrected chi connectivity index (χ2v) is 8.19. The van der Waals surface area contributed by atoms with Gasteiger partial charge < -0.3 is 27.3 Å². The second-order valence-electron chi connectivity index (χ2n) is 6.69. The summed E-state index contributed by atoms with van der Waals surface area (Å²) in [5.41, 5.74) is 22.0. The molecule has 0 heterocycles. The van der Waals surface area contributed by atoms with Gasteiger partial charge in [-0.3, -0.25) is 14.2 Å². The van der Waals surface area contributed by atoms with Gasteiger partial charge in [-0.1, -0.05) is 13.8 Å². The molecule has 0 aliphatic carbocycles. The van der Waals surface area contributed by atoms with E-state index in [1.807, 2.05) is 13.8 Å². The summed E-state index contributed by atoms with van der Waals surface area (Å²) in [6, 6.07) is -1.89. The van der Waals surface area contributed by atoms with Crippen LogP contribution in [-0.2, 0) is 24.6 Å². The number of nitrogens with two attached hydrogens (primary N) is 3. The average molecular weight is 427 g/mol. The lowest BCUT2D eigenvalue weighted by Crippen LogP contribution is -2.42. The SMILES string of the molecule is CC(C)CC(CONC(C=O)/C=C(\N)NCCN)NOCC(N)CS(=O)(=O)O. The normalized spacial score (nSPS) is 16.0. The molecule has 0 rings (SSSR count). The van der Waals surface area contributed by atoms with Crippen LogP contribution >= 0.6 is 0 Å². The zero-order chi connectivity index (χ0) is 21.6. The van der Waals surface area contributed by atoms with Crippen LogP contribution in [0.3, 0.4) is 0 Å². The Morgan fingerprint density at radius 3 is 2.39 bits per heavy atom. The number of rotatable bonds is 17. The average Bonchev–Trinajstić information content (AvgIpc) is 2.56. The van der Waals surface area contributed by atoms with E-state index in [4.69, 9.17) is 31.4 Å². The number of hydroxylamine groups is 2. The molecule has 0 bridgehead atoms. The summed E-state index contributed by atoms with van der Waals surface area (Å²) in [7, 11) is -4.16. The van der Waals surface area contributed by atoms with E-state index in [0.717, 1.165) is 0 Å². The van der Waals surface area contributed by atoms with Crippen LogP contribution in [0.2, 0.25) is 0 Å². The second kappa shape index (κ2) is 14.6. The first-order valence-electron chi connectivity index (χ1n) is 8.89. The fourth-order valence-corrected chi connectivity index (χ4v) is 2.76. The van der Waals surface area contributed by atoms with Crippen molar-refractivity contribution in [1.29, 1.82) is 0 Å². The van der Waals surface area contributed by atoms with Gasteiger partial charge in [0.2, 0.25) is 0 Å². The van der Waals surface area contributed by atoms with Crippen LogP contribution in [0.25, 0.3) is 0 Å². The van der Waals surface area contributed by atoms with Crippen LogP contribution < -0.4 is 33.5 Å². The Morgan fingerprint density at radius 2 is 1.86 bits per heavy atom. The van der Waals surface area contributed by atoms with Crippen LogP contribution in [0.1, 0.15) is 20.3 Å². The van der Waals surface area contributed by atoms with Crippen molar-refractivity contribution in [2.75, 3.05) is 32.1 Å². The van der Waals surface area contributed by atoms with E-state index < -0.39 is 28.0 Å². The van der Waals surface area contributed by atoms with Crippen LogP contribution in [0, 0.1) is 5.92 Å². The number of aldehydes is 1. The third kappa shape index (κ3) is 15.7. The monoisotopic (exact) mass is 426 g/mol. The van der Waals surface area contributed by atoms with E-state index in [0.29, 0.717) is 37.5 Å². The third-order valence-electron chi connectivity index (χ3n) is 3.21. The maximum Gasteiger partial charge on any atom is 0.266 e. The molecule has 12 nitrogen and oxygen atoms in total. The molecule has 0 saturated carbocycles. The van der Waals surface area contributed by atoms with Gasteiger partial charge in [-0.05, 0) is 18.4 Å². The minimum absolute atomic E-state index is 0.120. The van der Waals surface area contributed by atoms with Crippen LogP contribution in [-0.4, -0.2) is 69.4 Å². The first kappa shape index (κ1) is 26.7. The first-order valence-corrected chi connectivity index (χ1v) is 10.5. The van der Waals surface area contributed by atoms with Crippen LogP contribution in [0.15, 0.2) is 11.9 Å². The summed E-state index contributed by atoms with van der Waals surface area (Å²) in [5.74, 6) is 0.00915. The molecule has 0 spiro atoms. The number of hydrogen-bond acceptors (Lipinski definition) is 11. The first-order chi connectivity index (χ1) is 13.1. The standard InChI is InChI=1S/C15H34N6O6S/c1-11(2)5-14(21-26-8-12(17)10-28(23,24)25)9-27-20-13(7-22)6-15(18)19-4-3-16/h6-7,11-14,19-21H,3-5,8-10,16-18H2,1-2H3,(H,23,24,25)/b15-6+. The van der Waals surface area contributed by atoms with Crippen molar-refractivity contribution >= 4 is 16.4 Å². The summed E-state index contributed by atoms with van der Waals surface area (Å²) in [6.07, 6.45) is 2.77. The lowest BCUT2D eigenvalue weighted by Gasteiger charge is -2.22. The minimum atomic E-state index is -4.16. The van der Waals surface area contributed by atoms with Gasteiger partial charge in [0, 0.05) is 19.1 Å². The summed E-state index contributed by atoms with van der Waals surface area (Å²) in [5, 5.41) is 2.83. The summed E-state index contributed by atoms with van der Waals surface area (Å²) < 4.78 is 30.3. The topological polar surface area (TPSA) is 204 Å². The van der Waals surface area contributed by atoms with Crippen LogP contribution in [0.5, 0.6) is 0 Å². The van der Waals surface area contributed by atoms with Gasteiger partial charge in [0.1, 0.15) is 12.3 Å². The fraction of sp³-hybridized carbons (Fsp3) is 0.800. The molecule has 0 aliphatic heterocycles. The molecule has 0 saturated heterocycles. The number of nitrogens with one attached hydrogen (secondary N) is 3. The highest BCUT2D eigenvalue weighted by Crippen LogP contribution is 2.05. The smallest absolute Gasteiger partial charge is 0.266 e. The Morgan fingerprint density at radius 1 is 1.21 bits per heavy atom. The summed E-state index contributed by atoms with van der Waals surface area (Å²) in [6.45, 7) is 4.93. The van der Waals surface area contributed by atoms with Crippen molar-refractivity contribution in [1.82, 2.24) is 16.3 Å². The minimum Gasteiger partial charge on any atom is -0.386 e. The van der Waals surface area contributed by atoms with Gasteiger partial charge >= 0.3 is 0 Å². The van der Waals surface area contributed by atoms with Crippen molar-refractivity contribution in [3.8, 4) is 0 Å². The number of carbonyl (C=O) groups excluding carboxylic acids is 1. The predicted molar refractivity (Wildman–Crippen MR) is 105 cm³/mol. The van der Waals surface area contributed by atoms with Gasteiger partial charge in [-0.15, -0.1) is 0 Å². The largest absolute Gasteiger partial charge is 0.386 e. The molecular formula is C15H34N6O6S. The molecule has 0 aromatic heterocycles. The highest BCUT2D eigenvalue weighted by molar-refractivity contribution is 7.85. The summed E-state index contributed by atoms with van der Waals surface area (Å²) >= 11 is 0. The summed E-state index contributed by atoms with van der Waals surface area (Å²) in [4.78, 5) is 21.7. The van der Waals surface area contributed by atoms with E-state index in [2.05, 4.69) is 16.3 Å². The molecule has 3 unspecified atom stereocenters. The van der Waals surface area contributed by atoms with Gasteiger partial charge in [0.25, 0.3) is 10.1 Å². The molecule has 0 aromatic rings. The Hall–Kier alpha value is -1.32. The lowest BCUT2D eigenvalue weighted by molar-refractivity contribution is -0.113. The predicted octanol–water partition coefficient (Wildman–Crippen LogP) is -2.43. The van der Waals surface area contributed by atoms with E-state index in [1.165, 1.54) is 6.08 Å². The highest BCUT2D eigenvalue weighted by Gasteiger charge is 2.16. The molecule has 28 heavy (non-hydrogen) atoms. The van der Waals surface area contributed by atoms with Crippen molar-refractivity contribution in [3.05, 3.63) is 11.9 Å². The molecule has 0 aromatic carbocycles. The van der Waals surface area contributed by atoms with Gasteiger partial charge in [-0.2, -0.15) is 19.4 Å². The van der Waals surface area contributed by atoms with E-state index in [1.54, 1.807) is 0 Å². The lowest BCUT2D eigenvalue weighted by atomic mass is 10.1. The van der Waals surface area contributed by atoms with E-state index in [-0.39, 0.29) is 19.3 Å². The zero-order valence-corrected chi connectivity index (χ0v) is 17.2. The quantitative estimate of drug-likeness (QED) is 0.0737. The van der Waals surface area contributed by atoms with E-state index in [9.17, 15) is 13.2 Å². The molecule has 0 fully saturated rings. The van der Waals surface area contributed by atoms with Crippen molar-refractivity contribution in [3.63, 3.8) is 0 Å². The van der Waals surface area contributed by atoms with Crippen molar-refractivity contribution in [2.24, 2.45) is 23.1 Å². The third-order valence-corrected chi connectivity index (χ3v) is 4.06. The molecule has 3 atom stereocenters. The zero-order valence-electron chi connectivity index (χ0n) is 16.3. The highest BCUT2D eigenvalue weighted by atomic mass is 32.2.